The van der Waals surface area contributed by atoms with Crippen LogP contribution in [0.5, 0.6) is 0 Å². The van der Waals surface area contributed by atoms with Gasteiger partial charge in [-0.3, -0.25) is 0 Å². The van der Waals surface area contributed by atoms with Gasteiger partial charge in [-0.2, -0.15) is 4.37 Å². The summed E-state index contributed by atoms with van der Waals surface area (Å²) in [7, 11) is 1.66. The third kappa shape index (κ3) is 5.19. The summed E-state index contributed by atoms with van der Waals surface area (Å²) in [5, 5.41) is 4.13. The first-order valence-electron chi connectivity index (χ1n) is 5.64. The summed E-state index contributed by atoms with van der Waals surface area (Å²) in [6.45, 7) is 7.67. The van der Waals surface area contributed by atoms with Gasteiger partial charge in [0.15, 0.2) is 0 Å². The lowest BCUT2D eigenvalue weighted by Crippen LogP contribution is -2.15. The molecule has 0 bridgehead atoms. The van der Waals surface area contributed by atoms with Gasteiger partial charge in [-0.05, 0) is 6.42 Å². The van der Waals surface area contributed by atoms with Crippen LogP contribution >= 0.6 is 23.1 Å². The monoisotopic (exact) mass is 277 g/mol. The molecule has 1 rings (SSSR count). The van der Waals surface area contributed by atoms with Gasteiger partial charge in [-0.1, -0.05) is 20.8 Å². The second kappa shape index (κ2) is 6.52. The van der Waals surface area contributed by atoms with Crippen molar-refractivity contribution in [3.63, 3.8) is 0 Å². The molecule has 0 fully saturated rings. The van der Waals surface area contributed by atoms with Crippen molar-refractivity contribution in [2.24, 2.45) is 0 Å². The van der Waals surface area contributed by atoms with Crippen LogP contribution in [0.4, 0.5) is 5.13 Å². The number of halogens is 1. The number of nitrogens with zero attached hydrogens (tertiary/aromatic N) is 2. The molecular weight excluding hydrogens is 258 g/mol. The number of hydrogen-bond acceptors (Lipinski definition) is 5. The second-order valence-corrected chi connectivity index (χ2v) is 6.31. The molecule has 0 radical (unpaired) electrons. The van der Waals surface area contributed by atoms with Crippen molar-refractivity contribution < 1.29 is 4.74 Å². The van der Waals surface area contributed by atoms with Crippen LogP contribution in [-0.4, -0.2) is 35.0 Å². The lowest BCUT2D eigenvalue weighted by atomic mass is 9.96. The van der Waals surface area contributed by atoms with Crippen molar-refractivity contribution in [3.05, 3.63) is 5.82 Å². The van der Waals surface area contributed by atoms with E-state index in [1.54, 1.807) is 7.11 Å². The van der Waals surface area contributed by atoms with E-state index in [4.69, 9.17) is 16.3 Å². The summed E-state index contributed by atoms with van der Waals surface area (Å²) in [6.07, 6.45) is 0.847. The molecule has 0 spiro atoms. The summed E-state index contributed by atoms with van der Waals surface area (Å²) in [5.41, 5.74) is 0.00149. The highest BCUT2D eigenvalue weighted by Crippen LogP contribution is 2.22. The lowest BCUT2D eigenvalue weighted by molar-refractivity contribution is 0.196. The second-order valence-electron chi connectivity index (χ2n) is 4.94. The van der Waals surface area contributed by atoms with E-state index >= 15 is 0 Å². The van der Waals surface area contributed by atoms with Gasteiger partial charge in [0, 0.05) is 30.6 Å². The molecule has 6 heteroatoms. The van der Waals surface area contributed by atoms with Crippen molar-refractivity contribution in [3.8, 4) is 0 Å². The van der Waals surface area contributed by atoms with E-state index in [0.29, 0.717) is 6.61 Å². The summed E-state index contributed by atoms with van der Waals surface area (Å²) >= 11 is 7.42. The fraction of sp³-hybridized carbons (Fsp3) is 0.818. The first kappa shape index (κ1) is 14.7. The Bertz CT molecular complexity index is 338. The summed E-state index contributed by atoms with van der Waals surface area (Å²) in [4.78, 5) is 4.45. The zero-order valence-electron chi connectivity index (χ0n) is 10.8. The Morgan fingerprint density at radius 1 is 1.47 bits per heavy atom. The number of ether oxygens (including phenoxy) is 1. The highest BCUT2D eigenvalue weighted by atomic mass is 35.5. The van der Waals surface area contributed by atoms with Crippen LogP contribution in [0, 0.1) is 0 Å². The number of aromatic nitrogens is 2. The molecule has 0 aliphatic carbocycles. The maximum Gasteiger partial charge on any atom is 0.202 e. The predicted molar refractivity (Wildman–Crippen MR) is 73.2 cm³/mol. The smallest absolute Gasteiger partial charge is 0.202 e. The maximum absolute atomic E-state index is 6.03. The topological polar surface area (TPSA) is 47.0 Å². The number of alkyl halides is 1. The molecule has 0 saturated carbocycles. The molecule has 4 nitrogen and oxygen atoms in total. The van der Waals surface area contributed by atoms with Crippen molar-refractivity contribution >= 4 is 28.3 Å². The van der Waals surface area contributed by atoms with E-state index in [2.05, 4.69) is 35.4 Å². The van der Waals surface area contributed by atoms with Gasteiger partial charge in [0.2, 0.25) is 5.13 Å². The van der Waals surface area contributed by atoms with Crippen molar-refractivity contribution in [1.82, 2.24) is 9.36 Å². The summed E-state index contributed by atoms with van der Waals surface area (Å²) in [5.74, 6) is 0.879. The Labute approximate surface area is 112 Å². The molecule has 0 amide bonds. The lowest BCUT2D eigenvalue weighted by Gasteiger charge is -2.12. The largest absolute Gasteiger partial charge is 0.383 e. The van der Waals surface area contributed by atoms with Gasteiger partial charge in [0.1, 0.15) is 5.82 Å². The fourth-order valence-electron chi connectivity index (χ4n) is 1.20. The fourth-order valence-corrected chi connectivity index (χ4v) is 2.22. The highest BCUT2D eigenvalue weighted by Gasteiger charge is 2.19. The van der Waals surface area contributed by atoms with Gasteiger partial charge in [-0.15, -0.1) is 11.6 Å². The summed E-state index contributed by atoms with van der Waals surface area (Å²) < 4.78 is 9.30. The van der Waals surface area contributed by atoms with Gasteiger partial charge in [0.05, 0.1) is 12.0 Å². The predicted octanol–water partition coefficient (Wildman–Crippen LogP) is 2.89. The molecule has 1 atom stereocenters. The maximum atomic E-state index is 6.03. The Kier molecular flexibility index (Phi) is 5.62. The average molecular weight is 278 g/mol. The zero-order chi connectivity index (χ0) is 12.9. The molecule has 1 aromatic rings. The van der Waals surface area contributed by atoms with Crippen LogP contribution in [0.25, 0.3) is 0 Å². The number of nitrogens with one attached hydrogen (secondary N) is 1. The molecule has 1 aromatic heterocycles. The van der Waals surface area contributed by atoms with Gasteiger partial charge in [-0.25, -0.2) is 4.98 Å². The van der Waals surface area contributed by atoms with E-state index < -0.39 is 0 Å². The van der Waals surface area contributed by atoms with Crippen LogP contribution in [0.15, 0.2) is 0 Å². The SMILES string of the molecule is COCC(Cl)CCNc1nc(C(C)(C)C)ns1. The number of rotatable bonds is 6. The first-order valence-corrected chi connectivity index (χ1v) is 6.85. The molecule has 1 unspecified atom stereocenters. The van der Waals surface area contributed by atoms with Crippen LogP contribution in [0.1, 0.15) is 33.0 Å². The minimum absolute atomic E-state index is 0.00149. The zero-order valence-corrected chi connectivity index (χ0v) is 12.4. The number of methoxy groups -OCH3 is 1. The average Bonchev–Trinajstić information content (AvgIpc) is 2.66. The summed E-state index contributed by atoms with van der Waals surface area (Å²) in [6, 6.07) is 0. The number of hydrogen-bond donors (Lipinski definition) is 1. The Morgan fingerprint density at radius 2 is 2.18 bits per heavy atom. The molecule has 0 saturated heterocycles. The number of anilines is 1. The standard InChI is InChI=1S/C11H20ClN3OS/c1-11(2,3)9-14-10(17-15-9)13-6-5-8(12)7-16-4/h8H,5-7H2,1-4H3,(H,13,14,15). The van der Waals surface area contributed by atoms with E-state index in [1.165, 1.54) is 11.5 Å². The molecule has 98 valence electrons. The van der Waals surface area contributed by atoms with Crippen molar-refractivity contribution in [1.29, 1.82) is 0 Å². The van der Waals surface area contributed by atoms with Crippen molar-refractivity contribution in [2.75, 3.05) is 25.6 Å². The molecule has 17 heavy (non-hydrogen) atoms. The van der Waals surface area contributed by atoms with Crippen LogP contribution in [-0.2, 0) is 10.2 Å². The van der Waals surface area contributed by atoms with Gasteiger partial charge >= 0.3 is 0 Å². The third-order valence-electron chi connectivity index (χ3n) is 2.18. The van der Waals surface area contributed by atoms with E-state index in [-0.39, 0.29) is 10.8 Å². The van der Waals surface area contributed by atoms with Gasteiger partial charge < -0.3 is 10.1 Å². The van der Waals surface area contributed by atoms with Gasteiger partial charge in [0.25, 0.3) is 0 Å². The third-order valence-corrected chi connectivity index (χ3v) is 3.20. The Morgan fingerprint density at radius 3 is 2.71 bits per heavy atom. The van der Waals surface area contributed by atoms with Crippen LogP contribution < -0.4 is 5.32 Å². The van der Waals surface area contributed by atoms with E-state index in [1.807, 2.05) is 0 Å². The quantitative estimate of drug-likeness (QED) is 0.812. The minimum Gasteiger partial charge on any atom is -0.383 e. The molecule has 1 N–H and O–H groups in total. The molecular formula is C11H20ClN3OS. The van der Waals surface area contributed by atoms with Crippen LogP contribution in [0.2, 0.25) is 0 Å². The molecule has 1 heterocycles. The Hall–Kier alpha value is -0.390. The van der Waals surface area contributed by atoms with Crippen molar-refractivity contribution in [2.45, 2.75) is 38.0 Å². The minimum atomic E-state index is 0.00149. The molecule has 0 aromatic carbocycles. The van der Waals surface area contributed by atoms with E-state index in [9.17, 15) is 0 Å². The molecule has 0 aliphatic heterocycles. The van der Waals surface area contributed by atoms with E-state index in [0.717, 1.165) is 23.9 Å². The molecule has 0 aliphatic rings. The first-order chi connectivity index (χ1) is 7.93. The highest BCUT2D eigenvalue weighted by molar-refractivity contribution is 7.09. The van der Waals surface area contributed by atoms with Crippen LogP contribution in [0.3, 0.4) is 0 Å². The Balaban J connectivity index is 2.35. The normalized spacial score (nSPS) is 13.7.